The summed E-state index contributed by atoms with van der Waals surface area (Å²) >= 11 is 0. The van der Waals surface area contributed by atoms with Crippen molar-refractivity contribution < 1.29 is 8.42 Å². The molecule has 0 aromatic carbocycles. The van der Waals surface area contributed by atoms with Crippen LogP contribution in [0, 0.1) is 0 Å². The Hall–Kier alpha value is -1.21. The first-order chi connectivity index (χ1) is 7.10. The van der Waals surface area contributed by atoms with Gasteiger partial charge in [0.2, 0.25) is 10.0 Å². The molecule has 7 heteroatoms. The third kappa shape index (κ3) is 3.14. The van der Waals surface area contributed by atoms with Crippen LogP contribution in [-0.4, -0.2) is 30.2 Å². The lowest BCUT2D eigenvalue weighted by atomic mass is 10.3. The molecule has 0 saturated carbocycles. The number of hydrogen-bond donors (Lipinski definition) is 2. The number of nitrogens with two attached hydrogens (primary N) is 1. The van der Waals surface area contributed by atoms with Gasteiger partial charge in [-0.15, -0.1) is 0 Å². The molecule has 84 valence electrons. The molecule has 15 heavy (non-hydrogen) atoms. The molecule has 1 rings (SSSR count). The summed E-state index contributed by atoms with van der Waals surface area (Å²) in [5.41, 5.74) is 5.37. The molecule has 1 unspecified atom stereocenters. The molecule has 0 saturated heterocycles. The van der Waals surface area contributed by atoms with Crippen molar-refractivity contribution in [2.45, 2.75) is 18.6 Å². The van der Waals surface area contributed by atoms with Gasteiger partial charge in [-0.2, -0.15) is 0 Å². The number of aromatic nitrogens is 2. The van der Waals surface area contributed by atoms with Crippen molar-refractivity contribution in [3.05, 3.63) is 18.6 Å². The second kappa shape index (κ2) is 5.04. The van der Waals surface area contributed by atoms with Crippen LogP contribution in [0.25, 0.3) is 0 Å². The normalized spacial score (nSPS) is 13.5. The van der Waals surface area contributed by atoms with Crippen molar-refractivity contribution >= 4 is 15.8 Å². The molecule has 0 aliphatic rings. The summed E-state index contributed by atoms with van der Waals surface area (Å²) in [5.74, 6) is 0.212. The minimum absolute atomic E-state index is 0.0894. The van der Waals surface area contributed by atoms with E-state index in [0.717, 1.165) is 0 Å². The summed E-state index contributed by atoms with van der Waals surface area (Å²) in [5, 5.41) is -0.598. The van der Waals surface area contributed by atoms with Gasteiger partial charge in [0.25, 0.3) is 0 Å². The van der Waals surface area contributed by atoms with Crippen LogP contribution >= 0.6 is 0 Å². The molecular weight excluding hydrogens is 216 g/mol. The predicted octanol–water partition coefficient (Wildman–Crippen LogP) is -0.0444. The maximum Gasteiger partial charge on any atom is 0.238 e. The van der Waals surface area contributed by atoms with Crippen LogP contribution in [-0.2, 0) is 10.0 Å². The van der Waals surface area contributed by atoms with Crippen LogP contribution in [0.15, 0.2) is 18.6 Å². The molecule has 0 aliphatic carbocycles. The third-order valence-electron chi connectivity index (χ3n) is 1.97. The molecule has 1 atom stereocenters. The Kier molecular flexibility index (Phi) is 3.98. The van der Waals surface area contributed by atoms with Crippen molar-refractivity contribution in [2.24, 2.45) is 5.73 Å². The van der Waals surface area contributed by atoms with Gasteiger partial charge >= 0.3 is 0 Å². The van der Waals surface area contributed by atoms with Gasteiger partial charge in [-0.25, -0.2) is 13.4 Å². The Morgan fingerprint density at radius 2 is 2.27 bits per heavy atom. The maximum absolute atomic E-state index is 11.7. The van der Waals surface area contributed by atoms with E-state index in [0.29, 0.717) is 6.42 Å². The monoisotopic (exact) mass is 230 g/mol. The number of nitrogens with zero attached hydrogens (tertiary/aromatic N) is 2. The minimum atomic E-state index is -3.45. The molecule has 1 heterocycles. The van der Waals surface area contributed by atoms with Gasteiger partial charge in [0, 0.05) is 18.9 Å². The first-order valence-electron chi connectivity index (χ1n) is 4.58. The van der Waals surface area contributed by atoms with Gasteiger partial charge < -0.3 is 5.73 Å². The average molecular weight is 230 g/mol. The van der Waals surface area contributed by atoms with Gasteiger partial charge in [0.1, 0.15) is 0 Å². The highest BCUT2D eigenvalue weighted by molar-refractivity contribution is 7.93. The molecule has 6 nitrogen and oxygen atoms in total. The van der Waals surface area contributed by atoms with E-state index in [-0.39, 0.29) is 12.4 Å². The quantitative estimate of drug-likeness (QED) is 0.739. The lowest BCUT2D eigenvalue weighted by Crippen LogP contribution is -2.33. The third-order valence-corrected chi connectivity index (χ3v) is 3.86. The highest BCUT2D eigenvalue weighted by Crippen LogP contribution is 2.09. The largest absolute Gasteiger partial charge is 0.329 e. The van der Waals surface area contributed by atoms with Crippen molar-refractivity contribution in [3.8, 4) is 0 Å². The second-order valence-corrected chi connectivity index (χ2v) is 4.96. The molecule has 0 bridgehead atoms. The molecule has 0 radical (unpaired) electrons. The zero-order valence-electron chi connectivity index (χ0n) is 8.42. The van der Waals surface area contributed by atoms with Crippen LogP contribution in [0.1, 0.15) is 13.3 Å². The van der Waals surface area contributed by atoms with Crippen LogP contribution in [0.3, 0.4) is 0 Å². The second-order valence-electron chi connectivity index (χ2n) is 3.00. The zero-order chi connectivity index (χ0) is 11.3. The number of sulfonamides is 1. The summed E-state index contributed by atoms with van der Waals surface area (Å²) in [4.78, 5) is 7.58. The van der Waals surface area contributed by atoms with Crippen LogP contribution in [0.4, 0.5) is 5.82 Å². The van der Waals surface area contributed by atoms with E-state index in [1.165, 1.54) is 18.6 Å². The first kappa shape index (κ1) is 11.9. The molecule has 1 aromatic rings. The Morgan fingerprint density at radius 3 is 2.73 bits per heavy atom. The van der Waals surface area contributed by atoms with E-state index >= 15 is 0 Å². The molecule has 3 N–H and O–H groups in total. The van der Waals surface area contributed by atoms with Crippen molar-refractivity contribution in [1.29, 1.82) is 0 Å². The lowest BCUT2D eigenvalue weighted by molar-refractivity contribution is 0.581. The molecular formula is C8H14N4O2S. The van der Waals surface area contributed by atoms with Crippen LogP contribution in [0.2, 0.25) is 0 Å². The highest BCUT2D eigenvalue weighted by atomic mass is 32.2. The summed E-state index contributed by atoms with van der Waals surface area (Å²) in [6.45, 7) is 1.86. The highest BCUT2D eigenvalue weighted by Gasteiger charge is 2.22. The minimum Gasteiger partial charge on any atom is -0.329 e. The number of rotatable bonds is 5. The van der Waals surface area contributed by atoms with E-state index in [9.17, 15) is 8.42 Å². The smallest absolute Gasteiger partial charge is 0.238 e. The van der Waals surface area contributed by atoms with Gasteiger partial charge in [-0.3, -0.25) is 9.71 Å². The first-order valence-corrected chi connectivity index (χ1v) is 6.12. The Morgan fingerprint density at radius 1 is 1.53 bits per heavy atom. The zero-order valence-corrected chi connectivity index (χ0v) is 9.24. The van der Waals surface area contributed by atoms with Crippen LogP contribution in [0.5, 0.6) is 0 Å². The molecule has 0 aliphatic heterocycles. The molecule has 0 fully saturated rings. The fourth-order valence-corrected chi connectivity index (χ4v) is 2.35. The fourth-order valence-electron chi connectivity index (χ4n) is 1.09. The Labute approximate surface area is 89.0 Å². The Bertz CT molecular complexity index is 388. The fraction of sp³-hybridized carbons (Fsp3) is 0.500. The molecule has 0 spiro atoms. The standard InChI is InChI=1S/C8H14N4O2S/c1-2-7(5-9)15(13,14)12-8-6-10-3-4-11-8/h3-4,6-7H,2,5,9H2,1H3,(H,11,12). The molecule has 0 amide bonds. The van der Waals surface area contributed by atoms with E-state index in [2.05, 4.69) is 14.7 Å². The SMILES string of the molecule is CCC(CN)S(=O)(=O)Nc1cnccn1. The van der Waals surface area contributed by atoms with Crippen molar-refractivity contribution in [3.63, 3.8) is 0 Å². The predicted molar refractivity (Wildman–Crippen MR) is 57.7 cm³/mol. The van der Waals surface area contributed by atoms with E-state index in [1.54, 1.807) is 6.92 Å². The van der Waals surface area contributed by atoms with Crippen molar-refractivity contribution in [1.82, 2.24) is 9.97 Å². The van der Waals surface area contributed by atoms with E-state index in [1.807, 2.05) is 0 Å². The van der Waals surface area contributed by atoms with E-state index < -0.39 is 15.3 Å². The Balaban J connectivity index is 2.81. The summed E-state index contributed by atoms with van der Waals surface area (Å²) < 4.78 is 25.7. The summed E-state index contributed by atoms with van der Waals surface area (Å²) in [6.07, 6.45) is 4.70. The summed E-state index contributed by atoms with van der Waals surface area (Å²) in [7, 11) is -3.45. The van der Waals surface area contributed by atoms with Crippen molar-refractivity contribution in [2.75, 3.05) is 11.3 Å². The number of anilines is 1. The van der Waals surface area contributed by atoms with Crippen LogP contribution < -0.4 is 10.5 Å². The van der Waals surface area contributed by atoms with Gasteiger partial charge in [-0.05, 0) is 6.42 Å². The number of nitrogens with one attached hydrogen (secondary N) is 1. The van der Waals surface area contributed by atoms with E-state index in [4.69, 9.17) is 5.73 Å². The van der Waals surface area contributed by atoms with Gasteiger partial charge in [0.05, 0.1) is 11.4 Å². The summed E-state index contributed by atoms with van der Waals surface area (Å²) in [6, 6.07) is 0. The average Bonchev–Trinajstić information content (AvgIpc) is 2.19. The topological polar surface area (TPSA) is 98.0 Å². The maximum atomic E-state index is 11.7. The van der Waals surface area contributed by atoms with Gasteiger partial charge in [0.15, 0.2) is 5.82 Å². The lowest BCUT2D eigenvalue weighted by Gasteiger charge is -2.14. The number of hydrogen-bond acceptors (Lipinski definition) is 5. The molecule has 1 aromatic heterocycles. The van der Waals surface area contributed by atoms with Gasteiger partial charge in [-0.1, -0.05) is 6.92 Å².